The molecule has 0 saturated heterocycles. The van der Waals surface area contributed by atoms with Gasteiger partial charge in [0.15, 0.2) is 0 Å². The van der Waals surface area contributed by atoms with Gasteiger partial charge in [0, 0.05) is 12.7 Å². The molecule has 0 atom stereocenters. The van der Waals surface area contributed by atoms with E-state index in [1.165, 1.54) is 24.4 Å². The topological polar surface area (TPSA) is 85.1 Å². The zero-order valence-electron chi connectivity index (χ0n) is 9.88. The lowest BCUT2D eigenvalue weighted by Gasteiger charge is -2.07. The molecule has 2 aromatic rings. The van der Waals surface area contributed by atoms with Gasteiger partial charge < -0.3 is 5.73 Å². The van der Waals surface area contributed by atoms with Crippen molar-refractivity contribution in [3.05, 3.63) is 54.0 Å². The van der Waals surface area contributed by atoms with Crippen LogP contribution in [0.25, 0.3) is 0 Å². The van der Waals surface area contributed by atoms with Crippen LogP contribution in [0.1, 0.15) is 5.56 Å². The Kier molecular flexibility index (Phi) is 3.77. The highest BCUT2D eigenvalue weighted by Crippen LogP contribution is 2.14. The van der Waals surface area contributed by atoms with E-state index in [9.17, 15) is 12.8 Å². The van der Waals surface area contributed by atoms with Gasteiger partial charge in [-0.05, 0) is 35.9 Å². The van der Waals surface area contributed by atoms with E-state index in [2.05, 4.69) is 9.71 Å². The summed E-state index contributed by atoms with van der Waals surface area (Å²) in [5, 5.41) is 0. The number of nitrogens with two attached hydrogens (primary N) is 1. The maximum absolute atomic E-state index is 12.7. The minimum Gasteiger partial charge on any atom is -0.326 e. The maximum Gasteiger partial charge on any atom is 0.263 e. The van der Waals surface area contributed by atoms with Crippen LogP contribution in [-0.2, 0) is 16.6 Å². The molecule has 0 bridgehead atoms. The number of sulfonamides is 1. The van der Waals surface area contributed by atoms with Crippen LogP contribution in [0.2, 0.25) is 0 Å². The number of anilines is 1. The van der Waals surface area contributed by atoms with Crippen molar-refractivity contribution >= 4 is 15.8 Å². The Hall–Kier alpha value is -1.99. The second-order valence-corrected chi connectivity index (χ2v) is 5.50. The first kappa shape index (κ1) is 13.4. The Bertz CT molecular complexity index is 654. The summed E-state index contributed by atoms with van der Waals surface area (Å²) in [5.41, 5.74) is 6.21. The van der Waals surface area contributed by atoms with E-state index in [1.807, 2.05) is 0 Å². The van der Waals surface area contributed by atoms with Gasteiger partial charge in [0.1, 0.15) is 11.6 Å². The van der Waals surface area contributed by atoms with Crippen LogP contribution >= 0.6 is 0 Å². The molecular weight excluding hydrogens is 269 g/mol. The van der Waals surface area contributed by atoms with Crippen molar-refractivity contribution in [2.75, 3.05) is 4.72 Å². The normalized spacial score (nSPS) is 11.3. The predicted molar refractivity (Wildman–Crippen MR) is 69.3 cm³/mol. The highest BCUT2D eigenvalue weighted by Gasteiger charge is 2.14. The maximum atomic E-state index is 12.7. The van der Waals surface area contributed by atoms with Crippen molar-refractivity contribution in [2.45, 2.75) is 11.4 Å². The van der Waals surface area contributed by atoms with E-state index in [0.717, 1.165) is 17.7 Å². The molecule has 0 aliphatic rings. The lowest BCUT2D eigenvalue weighted by atomic mass is 10.3. The average molecular weight is 281 g/mol. The van der Waals surface area contributed by atoms with Crippen LogP contribution in [0.3, 0.4) is 0 Å². The first-order chi connectivity index (χ1) is 9.01. The molecule has 0 aliphatic heterocycles. The van der Waals surface area contributed by atoms with Crippen molar-refractivity contribution in [1.29, 1.82) is 0 Å². The standard InChI is InChI=1S/C12H12FN3O2S/c13-10-2-4-11(5-3-10)19(17,18)16-12-6-1-9(7-14)8-15-12/h1-6,8H,7,14H2,(H,15,16). The number of pyridine rings is 1. The molecule has 0 amide bonds. The summed E-state index contributed by atoms with van der Waals surface area (Å²) in [5.74, 6) is -0.314. The third-order valence-electron chi connectivity index (χ3n) is 2.42. The van der Waals surface area contributed by atoms with Crippen molar-refractivity contribution in [2.24, 2.45) is 5.73 Å². The summed E-state index contributed by atoms with van der Waals surface area (Å²) in [6.45, 7) is 0.331. The van der Waals surface area contributed by atoms with Crippen molar-refractivity contribution in [3.63, 3.8) is 0 Å². The third kappa shape index (κ3) is 3.27. The molecule has 0 aliphatic carbocycles. The molecule has 7 heteroatoms. The number of halogens is 1. The molecule has 3 N–H and O–H groups in total. The molecule has 5 nitrogen and oxygen atoms in total. The Morgan fingerprint density at radius 2 is 1.84 bits per heavy atom. The SMILES string of the molecule is NCc1ccc(NS(=O)(=O)c2ccc(F)cc2)nc1. The average Bonchev–Trinajstić information content (AvgIpc) is 2.40. The van der Waals surface area contributed by atoms with Gasteiger partial charge in [-0.15, -0.1) is 0 Å². The van der Waals surface area contributed by atoms with Crippen molar-refractivity contribution < 1.29 is 12.8 Å². The fourth-order valence-corrected chi connectivity index (χ4v) is 2.42. The lowest BCUT2D eigenvalue weighted by Crippen LogP contribution is -2.14. The zero-order chi connectivity index (χ0) is 13.9. The van der Waals surface area contributed by atoms with Gasteiger partial charge in [0.05, 0.1) is 4.90 Å². The number of hydrogen-bond donors (Lipinski definition) is 2. The van der Waals surface area contributed by atoms with E-state index < -0.39 is 15.8 Å². The molecular formula is C12H12FN3O2S. The Balaban J connectivity index is 2.23. The summed E-state index contributed by atoms with van der Waals surface area (Å²) in [6.07, 6.45) is 1.49. The molecule has 0 spiro atoms. The van der Waals surface area contributed by atoms with E-state index in [0.29, 0.717) is 6.54 Å². The minimum atomic E-state index is -3.76. The molecule has 1 aromatic heterocycles. The quantitative estimate of drug-likeness (QED) is 0.889. The van der Waals surface area contributed by atoms with E-state index >= 15 is 0 Å². The van der Waals surface area contributed by atoms with Crippen LogP contribution in [0.5, 0.6) is 0 Å². The Morgan fingerprint density at radius 1 is 1.16 bits per heavy atom. The van der Waals surface area contributed by atoms with Gasteiger partial charge in [-0.25, -0.2) is 17.8 Å². The summed E-state index contributed by atoms with van der Waals surface area (Å²) in [7, 11) is -3.76. The number of aromatic nitrogens is 1. The predicted octanol–water partition coefficient (Wildman–Crippen LogP) is 1.48. The van der Waals surface area contributed by atoms with Gasteiger partial charge in [-0.1, -0.05) is 6.07 Å². The molecule has 0 saturated carbocycles. The Labute approximate surface area is 110 Å². The lowest BCUT2D eigenvalue weighted by molar-refractivity contribution is 0.599. The summed E-state index contributed by atoms with van der Waals surface area (Å²) in [4.78, 5) is 3.90. The van der Waals surface area contributed by atoms with Gasteiger partial charge >= 0.3 is 0 Å². The molecule has 100 valence electrons. The summed E-state index contributed by atoms with van der Waals surface area (Å²) < 4.78 is 39.0. The largest absolute Gasteiger partial charge is 0.326 e. The molecule has 2 rings (SSSR count). The third-order valence-corrected chi connectivity index (χ3v) is 3.79. The highest BCUT2D eigenvalue weighted by atomic mass is 32.2. The van der Waals surface area contributed by atoms with Gasteiger partial charge in [-0.2, -0.15) is 0 Å². The van der Waals surface area contributed by atoms with Crippen LogP contribution in [0.15, 0.2) is 47.5 Å². The monoisotopic (exact) mass is 281 g/mol. The van der Waals surface area contributed by atoms with Crippen molar-refractivity contribution in [1.82, 2.24) is 4.98 Å². The van der Waals surface area contributed by atoms with Crippen LogP contribution in [0.4, 0.5) is 10.2 Å². The zero-order valence-corrected chi connectivity index (χ0v) is 10.7. The van der Waals surface area contributed by atoms with Crippen LogP contribution < -0.4 is 10.5 Å². The molecule has 0 radical (unpaired) electrons. The number of nitrogens with zero attached hydrogens (tertiary/aromatic N) is 1. The summed E-state index contributed by atoms with van der Waals surface area (Å²) >= 11 is 0. The van der Waals surface area contributed by atoms with E-state index in [1.54, 1.807) is 6.07 Å². The van der Waals surface area contributed by atoms with Gasteiger partial charge in [-0.3, -0.25) is 4.72 Å². The molecule has 19 heavy (non-hydrogen) atoms. The van der Waals surface area contributed by atoms with E-state index in [4.69, 9.17) is 5.73 Å². The fraction of sp³-hybridized carbons (Fsp3) is 0.0833. The Morgan fingerprint density at radius 3 is 2.37 bits per heavy atom. The highest BCUT2D eigenvalue weighted by molar-refractivity contribution is 7.92. The molecule has 0 unspecified atom stereocenters. The number of benzene rings is 1. The fourth-order valence-electron chi connectivity index (χ4n) is 1.42. The van der Waals surface area contributed by atoms with Gasteiger partial charge in [0.25, 0.3) is 10.0 Å². The molecule has 0 fully saturated rings. The van der Waals surface area contributed by atoms with Crippen LogP contribution in [0, 0.1) is 5.82 Å². The first-order valence-electron chi connectivity index (χ1n) is 5.44. The number of rotatable bonds is 4. The second kappa shape index (κ2) is 5.33. The first-order valence-corrected chi connectivity index (χ1v) is 6.93. The second-order valence-electron chi connectivity index (χ2n) is 3.82. The number of hydrogen-bond acceptors (Lipinski definition) is 4. The number of nitrogens with one attached hydrogen (secondary N) is 1. The molecule has 1 heterocycles. The molecule has 1 aromatic carbocycles. The minimum absolute atomic E-state index is 0.0291. The smallest absolute Gasteiger partial charge is 0.263 e. The van der Waals surface area contributed by atoms with E-state index in [-0.39, 0.29) is 10.7 Å². The van der Waals surface area contributed by atoms with Gasteiger partial charge in [0.2, 0.25) is 0 Å². The summed E-state index contributed by atoms with van der Waals surface area (Å²) in [6, 6.07) is 7.73. The van der Waals surface area contributed by atoms with Crippen molar-refractivity contribution in [3.8, 4) is 0 Å². The van der Waals surface area contributed by atoms with Crippen LogP contribution in [-0.4, -0.2) is 13.4 Å².